The summed E-state index contributed by atoms with van der Waals surface area (Å²) >= 11 is 0. The SMILES string of the molecule is O=C(NCCc1ccc(C(F)(F)F)cc1)Oc1ccc(-n2cccc2)cc1. The summed E-state index contributed by atoms with van der Waals surface area (Å²) < 4.78 is 44.6. The Hall–Kier alpha value is -3.22. The topological polar surface area (TPSA) is 43.3 Å². The van der Waals surface area contributed by atoms with Crippen LogP contribution in [-0.2, 0) is 12.6 Å². The van der Waals surface area contributed by atoms with Crippen LogP contribution in [0.2, 0.25) is 0 Å². The molecule has 0 spiro atoms. The zero-order valence-electron chi connectivity index (χ0n) is 14.2. The van der Waals surface area contributed by atoms with Gasteiger partial charge in [-0.3, -0.25) is 0 Å². The van der Waals surface area contributed by atoms with Crippen molar-refractivity contribution in [3.63, 3.8) is 0 Å². The Morgan fingerprint density at radius 2 is 1.59 bits per heavy atom. The second-order valence-electron chi connectivity index (χ2n) is 5.85. The van der Waals surface area contributed by atoms with Gasteiger partial charge in [0.05, 0.1) is 5.56 Å². The number of carbonyl (C=O) groups is 1. The van der Waals surface area contributed by atoms with E-state index in [0.29, 0.717) is 17.7 Å². The van der Waals surface area contributed by atoms with Gasteiger partial charge in [-0.25, -0.2) is 4.79 Å². The third-order valence-corrected chi connectivity index (χ3v) is 3.91. The standard InChI is InChI=1S/C20H17F3N2O2/c21-20(22,23)16-5-3-15(4-6-16)11-12-24-19(26)27-18-9-7-17(8-10-18)25-13-1-2-14-25/h1-10,13-14H,11-12H2,(H,24,26). The van der Waals surface area contributed by atoms with Crippen LogP contribution < -0.4 is 10.1 Å². The van der Waals surface area contributed by atoms with E-state index in [1.807, 2.05) is 41.2 Å². The molecule has 4 nitrogen and oxygen atoms in total. The molecule has 3 aromatic rings. The molecule has 0 saturated heterocycles. The summed E-state index contributed by atoms with van der Waals surface area (Å²) in [6, 6.07) is 15.7. The first-order valence-electron chi connectivity index (χ1n) is 8.27. The molecular weight excluding hydrogens is 357 g/mol. The lowest BCUT2D eigenvalue weighted by Gasteiger charge is -2.09. The Morgan fingerprint density at radius 1 is 0.963 bits per heavy atom. The summed E-state index contributed by atoms with van der Waals surface area (Å²) in [7, 11) is 0. The molecule has 1 heterocycles. The highest BCUT2D eigenvalue weighted by Gasteiger charge is 2.29. The van der Waals surface area contributed by atoms with E-state index in [-0.39, 0.29) is 6.54 Å². The second kappa shape index (κ2) is 7.99. The molecule has 3 rings (SSSR count). The molecule has 0 aliphatic carbocycles. The average Bonchev–Trinajstić information content (AvgIpc) is 3.17. The highest BCUT2D eigenvalue weighted by atomic mass is 19.4. The summed E-state index contributed by atoms with van der Waals surface area (Å²) in [6.07, 6.45) is -0.749. The molecule has 1 N–H and O–H groups in total. The summed E-state index contributed by atoms with van der Waals surface area (Å²) in [4.78, 5) is 11.8. The van der Waals surface area contributed by atoms with Crippen LogP contribution in [0.1, 0.15) is 11.1 Å². The number of benzene rings is 2. The Balaban J connectivity index is 1.46. The molecule has 0 aliphatic rings. The lowest BCUT2D eigenvalue weighted by molar-refractivity contribution is -0.137. The van der Waals surface area contributed by atoms with Crippen LogP contribution in [0, 0.1) is 0 Å². The van der Waals surface area contributed by atoms with Crippen LogP contribution in [0.3, 0.4) is 0 Å². The number of hydrogen-bond donors (Lipinski definition) is 1. The normalized spacial score (nSPS) is 11.2. The number of nitrogens with one attached hydrogen (secondary N) is 1. The van der Waals surface area contributed by atoms with Gasteiger partial charge in [-0.1, -0.05) is 12.1 Å². The fraction of sp³-hybridized carbons (Fsp3) is 0.150. The van der Waals surface area contributed by atoms with E-state index in [0.717, 1.165) is 17.8 Å². The van der Waals surface area contributed by atoms with E-state index in [9.17, 15) is 18.0 Å². The number of carbonyl (C=O) groups excluding carboxylic acids is 1. The zero-order valence-corrected chi connectivity index (χ0v) is 14.2. The number of hydrogen-bond acceptors (Lipinski definition) is 2. The van der Waals surface area contributed by atoms with Gasteiger partial charge in [0, 0.05) is 24.6 Å². The van der Waals surface area contributed by atoms with E-state index >= 15 is 0 Å². The number of halogens is 3. The molecule has 0 saturated carbocycles. The Morgan fingerprint density at radius 3 is 2.19 bits per heavy atom. The fourth-order valence-corrected chi connectivity index (χ4v) is 2.51. The minimum absolute atomic E-state index is 0.256. The molecule has 0 fully saturated rings. The first kappa shape index (κ1) is 18.6. The van der Waals surface area contributed by atoms with Gasteiger partial charge in [-0.15, -0.1) is 0 Å². The maximum absolute atomic E-state index is 12.5. The van der Waals surface area contributed by atoms with Crippen molar-refractivity contribution in [2.45, 2.75) is 12.6 Å². The number of aromatic nitrogens is 1. The summed E-state index contributed by atoms with van der Waals surface area (Å²) in [6.45, 7) is 0.256. The van der Waals surface area contributed by atoms with Crippen LogP contribution in [0.25, 0.3) is 5.69 Å². The summed E-state index contributed by atoms with van der Waals surface area (Å²) in [5, 5.41) is 2.58. The first-order chi connectivity index (χ1) is 12.9. The number of amides is 1. The van der Waals surface area contributed by atoms with Crippen molar-refractivity contribution in [2.75, 3.05) is 6.54 Å². The Labute approximate surface area is 154 Å². The van der Waals surface area contributed by atoms with E-state index in [1.54, 1.807) is 12.1 Å². The van der Waals surface area contributed by atoms with Crippen LogP contribution in [0.4, 0.5) is 18.0 Å². The van der Waals surface area contributed by atoms with E-state index in [1.165, 1.54) is 12.1 Å². The average molecular weight is 374 g/mol. The molecule has 0 bridgehead atoms. The molecule has 1 aromatic heterocycles. The van der Waals surface area contributed by atoms with Crippen molar-refractivity contribution < 1.29 is 22.7 Å². The Kier molecular flexibility index (Phi) is 5.49. The Bertz CT molecular complexity index is 871. The van der Waals surface area contributed by atoms with Crippen molar-refractivity contribution in [3.05, 3.63) is 84.2 Å². The molecule has 0 unspecified atom stereocenters. The van der Waals surface area contributed by atoms with Gasteiger partial charge in [-0.05, 0) is 60.5 Å². The third kappa shape index (κ3) is 5.13. The minimum Gasteiger partial charge on any atom is -0.410 e. The predicted molar refractivity (Wildman–Crippen MR) is 94.9 cm³/mol. The summed E-state index contributed by atoms with van der Waals surface area (Å²) in [5.74, 6) is 0.401. The molecule has 1 amide bonds. The van der Waals surface area contributed by atoms with Crippen LogP contribution >= 0.6 is 0 Å². The van der Waals surface area contributed by atoms with Gasteiger partial charge < -0.3 is 14.6 Å². The number of alkyl halides is 3. The molecule has 0 atom stereocenters. The molecule has 0 aliphatic heterocycles. The smallest absolute Gasteiger partial charge is 0.410 e. The zero-order chi connectivity index (χ0) is 19.3. The van der Waals surface area contributed by atoms with Gasteiger partial charge >= 0.3 is 12.3 Å². The predicted octanol–water partition coefficient (Wildman–Crippen LogP) is 4.83. The monoisotopic (exact) mass is 374 g/mol. The molecule has 140 valence electrons. The fourth-order valence-electron chi connectivity index (χ4n) is 2.51. The molecule has 0 radical (unpaired) electrons. The quantitative estimate of drug-likeness (QED) is 0.695. The largest absolute Gasteiger partial charge is 0.416 e. The lowest BCUT2D eigenvalue weighted by atomic mass is 10.1. The second-order valence-corrected chi connectivity index (χ2v) is 5.85. The van der Waals surface area contributed by atoms with Crippen molar-refractivity contribution in [2.24, 2.45) is 0 Å². The van der Waals surface area contributed by atoms with Crippen LogP contribution in [0.5, 0.6) is 5.75 Å². The van der Waals surface area contributed by atoms with Crippen LogP contribution in [0.15, 0.2) is 73.1 Å². The van der Waals surface area contributed by atoms with E-state index < -0.39 is 17.8 Å². The maximum atomic E-state index is 12.5. The van der Waals surface area contributed by atoms with Gasteiger partial charge in [0.1, 0.15) is 5.75 Å². The van der Waals surface area contributed by atoms with Crippen molar-refractivity contribution in [1.82, 2.24) is 9.88 Å². The lowest BCUT2D eigenvalue weighted by Crippen LogP contribution is -2.28. The van der Waals surface area contributed by atoms with E-state index in [4.69, 9.17) is 4.74 Å². The number of ether oxygens (including phenoxy) is 1. The molecule has 7 heteroatoms. The van der Waals surface area contributed by atoms with Gasteiger partial charge in [-0.2, -0.15) is 13.2 Å². The minimum atomic E-state index is -4.35. The third-order valence-electron chi connectivity index (χ3n) is 3.91. The molecule has 27 heavy (non-hydrogen) atoms. The van der Waals surface area contributed by atoms with Crippen molar-refractivity contribution in [1.29, 1.82) is 0 Å². The summed E-state index contributed by atoms with van der Waals surface area (Å²) in [5.41, 5.74) is 0.941. The van der Waals surface area contributed by atoms with Gasteiger partial charge in [0.2, 0.25) is 0 Å². The first-order valence-corrected chi connectivity index (χ1v) is 8.27. The highest BCUT2D eigenvalue weighted by Crippen LogP contribution is 2.29. The van der Waals surface area contributed by atoms with Gasteiger partial charge in [0.25, 0.3) is 0 Å². The van der Waals surface area contributed by atoms with Crippen LogP contribution in [-0.4, -0.2) is 17.2 Å². The molecule has 2 aromatic carbocycles. The van der Waals surface area contributed by atoms with Crippen molar-refractivity contribution in [3.8, 4) is 11.4 Å². The number of rotatable bonds is 5. The number of nitrogens with zero attached hydrogens (tertiary/aromatic N) is 1. The van der Waals surface area contributed by atoms with E-state index in [2.05, 4.69) is 5.32 Å². The maximum Gasteiger partial charge on any atom is 0.416 e. The van der Waals surface area contributed by atoms with Gasteiger partial charge in [0.15, 0.2) is 0 Å². The highest BCUT2D eigenvalue weighted by molar-refractivity contribution is 5.70. The van der Waals surface area contributed by atoms with Crippen molar-refractivity contribution >= 4 is 6.09 Å². The molecular formula is C20H17F3N2O2.